The number of esters is 1. The monoisotopic (exact) mass is 1350 g/mol. The molecule has 19 nitrogen and oxygen atoms in total. The van der Waals surface area contributed by atoms with Gasteiger partial charge in [0.15, 0.2) is 0 Å². The van der Waals surface area contributed by atoms with Gasteiger partial charge in [0.05, 0.1) is 51.2 Å². The lowest BCUT2D eigenvalue weighted by Crippen LogP contribution is -2.51. The maximum atomic E-state index is 13.7. The van der Waals surface area contributed by atoms with Crippen molar-refractivity contribution in [3.05, 3.63) is 210 Å². The molecule has 3 heterocycles. The topological polar surface area (TPSA) is 235 Å². The summed E-state index contributed by atoms with van der Waals surface area (Å²) in [6.07, 6.45) is 15.5. The fourth-order valence-electron chi connectivity index (χ4n) is 11.9. The molecule has 0 fully saturated rings. The first-order valence-electron chi connectivity index (χ1n) is 33.2. The van der Waals surface area contributed by atoms with E-state index in [0.717, 1.165) is 68.2 Å². The summed E-state index contributed by atoms with van der Waals surface area (Å²) in [5.74, 6) is -0.735. The van der Waals surface area contributed by atoms with E-state index in [0.29, 0.717) is 63.6 Å². The molecule has 0 aliphatic heterocycles. The van der Waals surface area contributed by atoms with Gasteiger partial charge in [-0.25, -0.2) is 19.6 Å². The van der Waals surface area contributed by atoms with E-state index in [2.05, 4.69) is 129 Å². The lowest BCUT2D eigenvalue weighted by molar-refractivity contribution is -0.145. The second-order valence-electron chi connectivity index (χ2n) is 24.8. The van der Waals surface area contributed by atoms with E-state index in [1.807, 2.05) is 118 Å². The highest BCUT2D eigenvalue weighted by molar-refractivity contribution is 7.98. The minimum Gasteiger partial charge on any atom is -0.480 e. The van der Waals surface area contributed by atoms with Gasteiger partial charge in [0.1, 0.15) is 12.1 Å². The number of imidazole rings is 2. The van der Waals surface area contributed by atoms with Gasteiger partial charge < -0.3 is 40.2 Å². The number of pyridine rings is 1. The molecule has 0 radical (unpaired) electrons. The average Bonchev–Trinajstić information content (AvgIpc) is 1.76. The van der Waals surface area contributed by atoms with Crippen LogP contribution in [-0.2, 0) is 72.5 Å². The quantitative estimate of drug-likeness (QED) is 0.0230. The van der Waals surface area contributed by atoms with Crippen molar-refractivity contribution >= 4 is 91.5 Å². The predicted octanol–water partition coefficient (Wildman–Crippen LogP) is 10.6. The molecule has 6 atom stereocenters. The number of para-hydroxylation sites is 1. The van der Waals surface area contributed by atoms with E-state index in [1.54, 1.807) is 48.6 Å². The fourth-order valence-corrected chi connectivity index (χ4v) is 12.8. The minimum absolute atomic E-state index is 0.0132. The van der Waals surface area contributed by atoms with Crippen molar-refractivity contribution in [1.82, 2.24) is 55.2 Å². The smallest absolute Gasteiger partial charge is 0.328 e. The van der Waals surface area contributed by atoms with Crippen LogP contribution < -0.4 is 21.3 Å². The number of hydrogen-bond donors (Lipinski definition) is 5. The van der Waals surface area contributed by atoms with Gasteiger partial charge in [-0.1, -0.05) is 168 Å². The largest absolute Gasteiger partial charge is 0.480 e. The molecule has 0 unspecified atom stereocenters. The third-order valence-electron chi connectivity index (χ3n) is 17.7. The Bertz CT molecular complexity index is 4010. The predicted molar refractivity (Wildman–Crippen MR) is 389 cm³/mol. The Morgan fingerprint density at radius 3 is 1.69 bits per heavy atom. The molecule has 0 saturated carbocycles. The van der Waals surface area contributed by atoms with Crippen molar-refractivity contribution in [2.75, 3.05) is 57.3 Å². The van der Waals surface area contributed by atoms with Crippen LogP contribution in [0.15, 0.2) is 177 Å². The maximum Gasteiger partial charge on any atom is 0.328 e. The first-order chi connectivity index (χ1) is 47.0. The summed E-state index contributed by atoms with van der Waals surface area (Å²) in [5.41, 5.74) is 6.89. The van der Waals surface area contributed by atoms with E-state index < -0.39 is 24.0 Å². The van der Waals surface area contributed by atoms with Gasteiger partial charge >= 0.3 is 11.9 Å². The number of aliphatic carboxylic acids is 1. The summed E-state index contributed by atoms with van der Waals surface area (Å²) >= 11 is 3.15. The van der Waals surface area contributed by atoms with E-state index in [1.165, 1.54) is 17.9 Å². The van der Waals surface area contributed by atoms with E-state index in [-0.39, 0.29) is 73.5 Å². The number of hydrogen-bond acceptors (Lipinski definition) is 14. The Balaban J connectivity index is 0.000000249. The van der Waals surface area contributed by atoms with Crippen LogP contribution in [0.2, 0.25) is 0 Å². The van der Waals surface area contributed by atoms with Crippen LogP contribution in [0, 0.1) is 11.8 Å². The Labute approximate surface area is 578 Å². The third-order valence-corrected chi connectivity index (χ3v) is 19.0. The number of benzene rings is 6. The van der Waals surface area contributed by atoms with E-state index in [9.17, 15) is 33.9 Å². The molecule has 9 rings (SSSR count). The van der Waals surface area contributed by atoms with Gasteiger partial charge in [0.25, 0.3) is 0 Å². The summed E-state index contributed by atoms with van der Waals surface area (Å²) < 4.78 is 8.99. The highest BCUT2D eigenvalue weighted by Crippen LogP contribution is 2.24. The minimum atomic E-state index is -1.04. The number of fused-ring (bicyclic) bond motifs is 3. The zero-order chi connectivity index (χ0) is 69.1. The Morgan fingerprint density at radius 2 is 1.08 bits per heavy atom. The van der Waals surface area contributed by atoms with Gasteiger partial charge in [0, 0.05) is 86.7 Å². The maximum absolute atomic E-state index is 13.7. The summed E-state index contributed by atoms with van der Waals surface area (Å²) in [5, 5.41) is 27.4. The molecule has 97 heavy (non-hydrogen) atoms. The van der Waals surface area contributed by atoms with Crippen molar-refractivity contribution in [2.24, 2.45) is 11.8 Å². The molecule has 0 aliphatic rings. The van der Waals surface area contributed by atoms with E-state index in [4.69, 9.17) is 4.74 Å². The summed E-state index contributed by atoms with van der Waals surface area (Å²) in [4.78, 5) is 95.4. The van der Waals surface area contributed by atoms with Crippen molar-refractivity contribution in [1.29, 1.82) is 0 Å². The average molecular weight is 1350 g/mol. The molecule has 4 amide bonds. The zero-order valence-electron chi connectivity index (χ0n) is 56.8. The lowest BCUT2D eigenvalue weighted by atomic mass is 9.97. The number of carboxylic acids is 1. The Hall–Kier alpha value is -8.89. The van der Waals surface area contributed by atoms with Gasteiger partial charge in [-0.2, -0.15) is 23.5 Å². The number of ether oxygens (including phenoxy) is 1. The van der Waals surface area contributed by atoms with Crippen LogP contribution in [0.5, 0.6) is 0 Å². The zero-order valence-corrected chi connectivity index (χ0v) is 58.4. The molecule has 0 saturated heterocycles. The molecule has 21 heteroatoms. The molecule has 6 aromatic carbocycles. The number of nitrogens with zero attached hydrogens (tertiary/aromatic N) is 7. The normalized spacial score (nSPS) is 13.2. The molecular weight excluding hydrogens is 1260 g/mol. The van der Waals surface area contributed by atoms with Crippen LogP contribution in [0.3, 0.4) is 0 Å². The standard InChI is InChI=1S/C40H48N6O4S.C36H45N5O4S/c1-5-28(2)37(44-38(47)21-32-22-41-27-46(32)24-31-17-19-42-35-16-9-8-15-34(31)35)25-45(23-30-13-10-12-29-11-6-7-14-33(29)30)26-39(48)43-36(18-20-51-4)40(49)50-3;1-4-26(2)33(23-40(21-27-10-6-5-7-11-27)24-35(43)38-32(36(44)45)16-17-46-3)39-34(42)19-31-20-37-25-41(31)22-28-14-15-29-12-8-9-13-30(29)18-28/h6-17,19,22,27-28,36-37H,5,18,20-21,23-26H2,1-4H3,(H,43,48)(H,44,47);5-15,18,20,25-26,32-33H,4,16-17,19,21-24H2,1-3H3,(H,38,43)(H,39,42)(H,44,45)/t28-,36-,37+;26-,32-,33+/m00/s1. The summed E-state index contributed by atoms with van der Waals surface area (Å²) in [6.45, 7) is 11.5. The number of amides is 4. The van der Waals surface area contributed by atoms with Crippen LogP contribution in [0.25, 0.3) is 32.4 Å². The number of thioether (sulfide) groups is 2. The summed E-state index contributed by atoms with van der Waals surface area (Å²) in [7, 11) is 1.33. The van der Waals surface area contributed by atoms with Gasteiger partial charge in [0.2, 0.25) is 23.6 Å². The van der Waals surface area contributed by atoms with Crippen molar-refractivity contribution < 1.29 is 38.6 Å². The number of carbonyl (C=O) groups excluding carboxylic acids is 5. The fraction of sp³-hybridized carbons (Fsp3) is 0.382. The Morgan fingerprint density at radius 1 is 0.546 bits per heavy atom. The number of carboxylic acid groups (broad SMARTS) is 1. The lowest BCUT2D eigenvalue weighted by Gasteiger charge is -2.32. The second-order valence-corrected chi connectivity index (χ2v) is 26.8. The number of aromatic nitrogens is 5. The molecule has 9 aromatic rings. The molecule has 3 aromatic heterocycles. The van der Waals surface area contributed by atoms with Crippen LogP contribution >= 0.6 is 23.5 Å². The van der Waals surface area contributed by atoms with Gasteiger partial charge in [-0.05, 0) is 111 Å². The van der Waals surface area contributed by atoms with Crippen LogP contribution in [0.1, 0.15) is 87.0 Å². The summed E-state index contributed by atoms with van der Waals surface area (Å²) in [6, 6.07) is 46.7. The first kappa shape index (κ1) is 73.9. The van der Waals surface area contributed by atoms with Gasteiger partial charge in [-0.3, -0.25) is 34.0 Å². The molecule has 0 spiro atoms. The van der Waals surface area contributed by atoms with E-state index >= 15 is 0 Å². The van der Waals surface area contributed by atoms with Crippen molar-refractivity contribution in [2.45, 2.75) is 117 Å². The van der Waals surface area contributed by atoms with Gasteiger partial charge in [-0.15, -0.1) is 0 Å². The number of methoxy groups -OCH3 is 1. The molecular formula is C76H93N11O8S2. The van der Waals surface area contributed by atoms with Crippen LogP contribution in [-0.4, -0.2) is 156 Å². The highest BCUT2D eigenvalue weighted by atomic mass is 32.2. The number of carbonyl (C=O) groups is 6. The van der Waals surface area contributed by atoms with Crippen molar-refractivity contribution in [3.63, 3.8) is 0 Å². The number of rotatable bonds is 36. The molecule has 0 bridgehead atoms. The molecule has 512 valence electrons. The SMILES string of the molecule is CC[C@H](C)[C@@H](CN(CC(=O)N[C@@H](CCSC)C(=O)O)Cc1ccccc1)NC(=O)Cc1cncn1Cc1ccc2ccccc2c1.CC[C@H](C)[C@@H](CN(CC(=O)N[C@@H](CCSC)C(=O)OC)Cc1cccc2ccccc12)NC(=O)Cc1cncn1Cc1ccnc2ccccc12. The van der Waals surface area contributed by atoms with Crippen molar-refractivity contribution in [3.8, 4) is 0 Å². The molecule has 5 N–H and O–H groups in total. The first-order valence-corrected chi connectivity index (χ1v) is 36.0. The number of nitrogens with one attached hydrogen (secondary N) is 4. The highest BCUT2D eigenvalue weighted by Gasteiger charge is 2.29. The van der Waals surface area contributed by atoms with Crippen LogP contribution in [0.4, 0.5) is 0 Å². The third kappa shape index (κ3) is 22.6. The second kappa shape index (κ2) is 38.2. The Kier molecular flexibility index (Phi) is 29.1. The molecule has 0 aliphatic carbocycles.